The number of benzene rings is 2. The van der Waals surface area contributed by atoms with Crippen LogP contribution in [0.4, 0.5) is 4.39 Å². The minimum atomic E-state index is -0.641. The number of hydrogen-bond acceptors (Lipinski definition) is 3. The number of aliphatic hydroxyl groups excluding tert-OH is 1. The Kier molecular flexibility index (Phi) is 4.06. The van der Waals surface area contributed by atoms with Gasteiger partial charge in [-0.25, -0.2) is 4.39 Å². The first-order valence-corrected chi connectivity index (χ1v) is 7.08. The minimum absolute atomic E-state index is 0.0727. The van der Waals surface area contributed by atoms with Crippen molar-refractivity contribution >= 4 is 5.91 Å². The summed E-state index contributed by atoms with van der Waals surface area (Å²) < 4.78 is 18.6. The number of halogens is 1. The molecule has 22 heavy (non-hydrogen) atoms. The van der Waals surface area contributed by atoms with Gasteiger partial charge in [0.1, 0.15) is 11.6 Å². The molecule has 2 N–H and O–H groups in total. The van der Waals surface area contributed by atoms with Crippen LogP contribution in [0.5, 0.6) is 5.75 Å². The smallest absolute Gasteiger partial charge is 0.261 e. The summed E-state index contributed by atoms with van der Waals surface area (Å²) >= 11 is 0. The summed E-state index contributed by atoms with van der Waals surface area (Å²) in [7, 11) is 0. The molecule has 0 aromatic heterocycles. The SMILES string of the molecule is O=C(NCc1ccccc1CO)C1Cc2ccc(F)cc2O1. The zero-order valence-electron chi connectivity index (χ0n) is 11.9. The highest BCUT2D eigenvalue weighted by molar-refractivity contribution is 5.82. The molecule has 1 atom stereocenters. The number of carbonyl (C=O) groups excluding carboxylic acids is 1. The van der Waals surface area contributed by atoms with E-state index >= 15 is 0 Å². The van der Waals surface area contributed by atoms with Crippen LogP contribution in [-0.2, 0) is 24.4 Å². The van der Waals surface area contributed by atoms with Gasteiger partial charge in [-0.05, 0) is 22.8 Å². The van der Waals surface area contributed by atoms with Crippen LogP contribution in [-0.4, -0.2) is 17.1 Å². The zero-order chi connectivity index (χ0) is 15.5. The first-order chi connectivity index (χ1) is 10.7. The molecule has 0 spiro atoms. The predicted octanol–water partition coefficient (Wildman–Crippen LogP) is 1.94. The Balaban J connectivity index is 1.62. The van der Waals surface area contributed by atoms with Gasteiger partial charge in [-0.3, -0.25) is 4.79 Å². The van der Waals surface area contributed by atoms with Crippen LogP contribution in [0.3, 0.4) is 0 Å². The molecule has 0 fully saturated rings. The molecule has 0 aliphatic carbocycles. The summed E-state index contributed by atoms with van der Waals surface area (Å²) in [5, 5.41) is 12.1. The molecule has 0 saturated heterocycles. The summed E-state index contributed by atoms with van der Waals surface area (Å²) in [4.78, 5) is 12.2. The second-order valence-corrected chi connectivity index (χ2v) is 5.21. The largest absolute Gasteiger partial charge is 0.480 e. The lowest BCUT2D eigenvalue weighted by Gasteiger charge is -2.13. The average Bonchev–Trinajstić information content (AvgIpc) is 2.96. The van der Waals surface area contributed by atoms with E-state index in [1.165, 1.54) is 12.1 Å². The van der Waals surface area contributed by atoms with Crippen molar-refractivity contribution in [3.8, 4) is 5.75 Å². The molecular formula is C17H16FNO3. The van der Waals surface area contributed by atoms with Crippen molar-refractivity contribution in [2.75, 3.05) is 0 Å². The van der Waals surface area contributed by atoms with Crippen molar-refractivity contribution in [1.29, 1.82) is 0 Å². The fourth-order valence-electron chi connectivity index (χ4n) is 2.53. The standard InChI is InChI=1S/C17H16FNO3/c18-14-6-5-11-7-16(22-15(11)8-14)17(21)19-9-12-3-1-2-4-13(12)10-20/h1-6,8,16,20H,7,9-10H2,(H,19,21). The summed E-state index contributed by atoms with van der Waals surface area (Å²) in [6.07, 6.45) is -0.207. The van der Waals surface area contributed by atoms with E-state index in [1.54, 1.807) is 6.07 Å². The lowest BCUT2D eigenvalue weighted by atomic mass is 10.1. The maximum atomic E-state index is 13.1. The van der Waals surface area contributed by atoms with Crippen molar-refractivity contribution in [3.63, 3.8) is 0 Å². The van der Waals surface area contributed by atoms with Crippen LogP contribution >= 0.6 is 0 Å². The lowest BCUT2D eigenvalue weighted by molar-refractivity contribution is -0.127. The molecule has 2 aromatic rings. The summed E-state index contributed by atoms with van der Waals surface area (Å²) in [5.41, 5.74) is 2.47. The molecule has 2 aromatic carbocycles. The van der Waals surface area contributed by atoms with E-state index in [9.17, 15) is 14.3 Å². The molecule has 1 amide bonds. The fraction of sp³-hybridized carbons (Fsp3) is 0.235. The van der Waals surface area contributed by atoms with Gasteiger partial charge in [0.15, 0.2) is 6.10 Å². The van der Waals surface area contributed by atoms with Crippen molar-refractivity contribution < 1.29 is 19.0 Å². The molecule has 1 aliphatic rings. The fourth-order valence-corrected chi connectivity index (χ4v) is 2.53. The van der Waals surface area contributed by atoms with Gasteiger partial charge in [-0.15, -0.1) is 0 Å². The highest BCUT2D eigenvalue weighted by Gasteiger charge is 2.29. The van der Waals surface area contributed by atoms with Crippen LogP contribution in [0.1, 0.15) is 16.7 Å². The Hall–Kier alpha value is -2.40. The van der Waals surface area contributed by atoms with Crippen LogP contribution in [0.25, 0.3) is 0 Å². The average molecular weight is 301 g/mol. The topological polar surface area (TPSA) is 58.6 Å². The zero-order valence-corrected chi connectivity index (χ0v) is 11.9. The number of ether oxygens (including phenoxy) is 1. The Labute approximate surface area is 127 Å². The summed E-state index contributed by atoms with van der Waals surface area (Å²) in [5.74, 6) is -0.197. The van der Waals surface area contributed by atoms with Gasteiger partial charge in [-0.1, -0.05) is 30.3 Å². The van der Waals surface area contributed by atoms with Gasteiger partial charge in [0.05, 0.1) is 6.61 Å². The minimum Gasteiger partial charge on any atom is -0.480 e. The Bertz CT molecular complexity index is 702. The van der Waals surface area contributed by atoms with Gasteiger partial charge >= 0.3 is 0 Å². The van der Waals surface area contributed by atoms with Gasteiger partial charge in [-0.2, -0.15) is 0 Å². The third-order valence-corrected chi connectivity index (χ3v) is 3.74. The first kappa shape index (κ1) is 14.5. The Morgan fingerprint density at radius 2 is 2.05 bits per heavy atom. The Morgan fingerprint density at radius 1 is 1.27 bits per heavy atom. The van der Waals surface area contributed by atoms with Crippen LogP contribution in [0.15, 0.2) is 42.5 Å². The molecule has 4 nitrogen and oxygen atoms in total. The van der Waals surface area contributed by atoms with Gasteiger partial charge < -0.3 is 15.2 Å². The molecule has 1 unspecified atom stereocenters. The molecule has 3 rings (SSSR count). The normalized spacial score (nSPS) is 16.0. The molecule has 114 valence electrons. The van der Waals surface area contributed by atoms with E-state index in [2.05, 4.69) is 5.32 Å². The van der Waals surface area contributed by atoms with Crippen LogP contribution in [0.2, 0.25) is 0 Å². The molecule has 0 saturated carbocycles. The van der Waals surface area contributed by atoms with Crippen LogP contribution < -0.4 is 10.1 Å². The monoisotopic (exact) mass is 301 g/mol. The van der Waals surface area contributed by atoms with E-state index < -0.39 is 6.10 Å². The summed E-state index contributed by atoms with van der Waals surface area (Å²) in [6, 6.07) is 11.6. The third kappa shape index (κ3) is 2.94. The quantitative estimate of drug-likeness (QED) is 0.907. The number of carbonyl (C=O) groups is 1. The second-order valence-electron chi connectivity index (χ2n) is 5.21. The number of aliphatic hydroxyl groups is 1. The highest BCUT2D eigenvalue weighted by atomic mass is 19.1. The third-order valence-electron chi connectivity index (χ3n) is 3.74. The van der Waals surface area contributed by atoms with Crippen molar-refractivity contribution in [1.82, 2.24) is 5.32 Å². The number of nitrogens with one attached hydrogen (secondary N) is 1. The predicted molar refractivity (Wildman–Crippen MR) is 78.7 cm³/mol. The van der Waals surface area contributed by atoms with Gasteiger partial charge in [0, 0.05) is 19.0 Å². The van der Waals surface area contributed by atoms with E-state index in [1.807, 2.05) is 24.3 Å². The molecular weight excluding hydrogens is 285 g/mol. The molecule has 1 heterocycles. The molecule has 0 bridgehead atoms. The van der Waals surface area contributed by atoms with Gasteiger partial charge in [0.25, 0.3) is 5.91 Å². The lowest BCUT2D eigenvalue weighted by Crippen LogP contribution is -2.37. The number of hydrogen-bond donors (Lipinski definition) is 2. The second kappa shape index (κ2) is 6.15. The summed E-state index contributed by atoms with van der Waals surface area (Å²) in [6.45, 7) is 0.247. The van der Waals surface area contributed by atoms with E-state index in [-0.39, 0.29) is 18.3 Å². The highest BCUT2D eigenvalue weighted by Crippen LogP contribution is 2.29. The maximum Gasteiger partial charge on any atom is 0.261 e. The van der Waals surface area contributed by atoms with Crippen molar-refractivity contribution in [3.05, 3.63) is 65.0 Å². The number of amides is 1. The van der Waals surface area contributed by atoms with E-state index in [0.29, 0.717) is 18.7 Å². The van der Waals surface area contributed by atoms with E-state index in [4.69, 9.17) is 4.74 Å². The number of fused-ring (bicyclic) bond motifs is 1. The molecule has 0 radical (unpaired) electrons. The van der Waals surface area contributed by atoms with Gasteiger partial charge in [0.2, 0.25) is 0 Å². The molecule has 1 aliphatic heterocycles. The van der Waals surface area contributed by atoms with Crippen LogP contribution in [0, 0.1) is 5.82 Å². The Morgan fingerprint density at radius 3 is 2.82 bits per heavy atom. The first-order valence-electron chi connectivity index (χ1n) is 7.08. The van der Waals surface area contributed by atoms with E-state index in [0.717, 1.165) is 16.7 Å². The maximum absolute atomic E-state index is 13.1. The molecule has 5 heteroatoms. The van der Waals surface area contributed by atoms with Crippen molar-refractivity contribution in [2.45, 2.75) is 25.7 Å². The van der Waals surface area contributed by atoms with Crippen molar-refractivity contribution in [2.24, 2.45) is 0 Å². The number of rotatable bonds is 4.